The summed E-state index contributed by atoms with van der Waals surface area (Å²) in [6, 6.07) is 0.717. The molecule has 1 aliphatic rings. The van der Waals surface area contributed by atoms with Crippen LogP contribution in [0.2, 0.25) is 0 Å². The molecule has 0 amide bonds. The normalized spacial score (nSPS) is 28.6. The van der Waals surface area contributed by atoms with Crippen LogP contribution in [0, 0.1) is 17.3 Å². The van der Waals surface area contributed by atoms with Crippen molar-refractivity contribution in [1.29, 1.82) is 0 Å². The Morgan fingerprint density at radius 2 is 1.84 bits per heavy atom. The van der Waals surface area contributed by atoms with Crippen LogP contribution < -0.4 is 5.32 Å². The first-order valence-corrected chi connectivity index (χ1v) is 8.30. The minimum absolute atomic E-state index is 0.458. The highest BCUT2D eigenvalue weighted by atomic mass is 16.5. The third-order valence-corrected chi connectivity index (χ3v) is 4.65. The fourth-order valence-electron chi connectivity index (χ4n) is 3.38. The van der Waals surface area contributed by atoms with E-state index in [-0.39, 0.29) is 0 Å². The van der Waals surface area contributed by atoms with Gasteiger partial charge in [-0.3, -0.25) is 0 Å². The average molecular weight is 269 g/mol. The van der Waals surface area contributed by atoms with Crippen LogP contribution in [0.15, 0.2) is 0 Å². The smallest absolute Gasteiger partial charge is 0.0469 e. The monoisotopic (exact) mass is 269 g/mol. The zero-order valence-corrected chi connectivity index (χ0v) is 13.8. The first-order valence-electron chi connectivity index (χ1n) is 8.30. The van der Waals surface area contributed by atoms with Crippen molar-refractivity contribution in [3.8, 4) is 0 Å². The van der Waals surface area contributed by atoms with E-state index >= 15 is 0 Å². The standard InChI is InChI=1S/C17H35NO/c1-6-11-19-12-10-14-13-15(17(3,4)5)8-9-16(14)18-7-2/h14-16,18H,6-13H2,1-5H3. The molecule has 19 heavy (non-hydrogen) atoms. The Kier molecular flexibility index (Phi) is 7.38. The Morgan fingerprint density at radius 3 is 2.42 bits per heavy atom. The summed E-state index contributed by atoms with van der Waals surface area (Å²) >= 11 is 0. The zero-order valence-electron chi connectivity index (χ0n) is 13.8. The maximum atomic E-state index is 5.71. The molecule has 1 aliphatic carbocycles. The molecule has 2 heteroatoms. The summed E-state index contributed by atoms with van der Waals surface area (Å²) in [6.45, 7) is 14.6. The second-order valence-corrected chi connectivity index (χ2v) is 7.20. The Morgan fingerprint density at radius 1 is 1.11 bits per heavy atom. The van der Waals surface area contributed by atoms with Gasteiger partial charge in [-0.1, -0.05) is 34.6 Å². The lowest BCUT2D eigenvalue weighted by atomic mass is 9.67. The van der Waals surface area contributed by atoms with Gasteiger partial charge in [0.05, 0.1) is 0 Å². The Balaban J connectivity index is 2.48. The summed E-state index contributed by atoms with van der Waals surface area (Å²) < 4.78 is 5.71. The molecule has 0 bridgehead atoms. The number of nitrogens with one attached hydrogen (secondary N) is 1. The molecule has 0 spiro atoms. The quantitative estimate of drug-likeness (QED) is 0.698. The molecule has 0 aromatic rings. The van der Waals surface area contributed by atoms with E-state index in [0.717, 1.165) is 38.0 Å². The second-order valence-electron chi connectivity index (χ2n) is 7.20. The molecular formula is C17H35NO. The van der Waals surface area contributed by atoms with Gasteiger partial charge in [0, 0.05) is 19.3 Å². The number of rotatable bonds is 7. The minimum atomic E-state index is 0.458. The fraction of sp³-hybridized carbons (Fsp3) is 1.00. The topological polar surface area (TPSA) is 21.3 Å². The summed E-state index contributed by atoms with van der Waals surface area (Å²) in [5.74, 6) is 1.67. The van der Waals surface area contributed by atoms with Gasteiger partial charge in [-0.15, -0.1) is 0 Å². The van der Waals surface area contributed by atoms with E-state index in [1.807, 2.05) is 0 Å². The van der Waals surface area contributed by atoms with Gasteiger partial charge in [-0.25, -0.2) is 0 Å². The van der Waals surface area contributed by atoms with E-state index in [9.17, 15) is 0 Å². The second kappa shape index (κ2) is 8.26. The fourth-order valence-corrected chi connectivity index (χ4v) is 3.38. The molecule has 0 saturated heterocycles. The SMILES string of the molecule is CCCOCCC1CC(C(C)(C)C)CCC1NCC. The molecule has 1 fully saturated rings. The Bertz CT molecular complexity index is 234. The van der Waals surface area contributed by atoms with Gasteiger partial charge in [0.2, 0.25) is 0 Å². The van der Waals surface area contributed by atoms with Crippen molar-refractivity contribution < 1.29 is 4.74 Å². The number of ether oxygens (including phenoxy) is 1. The minimum Gasteiger partial charge on any atom is -0.381 e. The van der Waals surface area contributed by atoms with Crippen LogP contribution >= 0.6 is 0 Å². The van der Waals surface area contributed by atoms with Gasteiger partial charge in [-0.05, 0) is 55.9 Å². The van der Waals surface area contributed by atoms with Crippen molar-refractivity contribution >= 4 is 0 Å². The van der Waals surface area contributed by atoms with Crippen molar-refractivity contribution in [2.75, 3.05) is 19.8 Å². The number of hydrogen-bond acceptors (Lipinski definition) is 2. The van der Waals surface area contributed by atoms with Gasteiger partial charge in [0.25, 0.3) is 0 Å². The van der Waals surface area contributed by atoms with E-state index in [0.29, 0.717) is 11.5 Å². The van der Waals surface area contributed by atoms with Crippen LogP contribution in [0.3, 0.4) is 0 Å². The maximum Gasteiger partial charge on any atom is 0.0469 e. The predicted molar refractivity (Wildman–Crippen MR) is 83.5 cm³/mol. The van der Waals surface area contributed by atoms with E-state index in [1.165, 1.54) is 25.7 Å². The average Bonchev–Trinajstić information content (AvgIpc) is 2.35. The molecule has 3 unspecified atom stereocenters. The summed E-state index contributed by atoms with van der Waals surface area (Å²) in [7, 11) is 0. The first kappa shape index (κ1) is 17.0. The van der Waals surface area contributed by atoms with E-state index in [2.05, 4.69) is 39.9 Å². The summed E-state index contributed by atoms with van der Waals surface area (Å²) in [5, 5.41) is 3.69. The predicted octanol–water partition coefficient (Wildman–Crippen LogP) is 4.24. The van der Waals surface area contributed by atoms with Crippen LogP contribution in [0.4, 0.5) is 0 Å². The van der Waals surface area contributed by atoms with Crippen LogP contribution in [-0.2, 0) is 4.74 Å². The van der Waals surface area contributed by atoms with Crippen LogP contribution in [-0.4, -0.2) is 25.8 Å². The van der Waals surface area contributed by atoms with Crippen LogP contribution in [0.25, 0.3) is 0 Å². The van der Waals surface area contributed by atoms with Crippen molar-refractivity contribution in [2.24, 2.45) is 17.3 Å². The van der Waals surface area contributed by atoms with Crippen molar-refractivity contribution in [1.82, 2.24) is 5.32 Å². The van der Waals surface area contributed by atoms with Crippen molar-refractivity contribution in [3.63, 3.8) is 0 Å². The molecule has 1 rings (SSSR count). The van der Waals surface area contributed by atoms with Gasteiger partial charge < -0.3 is 10.1 Å². The molecule has 0 aromatic carbocycles. The van der Waals surface area contributed by atoms with Gasteiger partial charge >= 0.3 is 0 Å². The van der Waals surface area contributed by atoms with Gasteiger partial charge in [0.15, 0.2) is 0 Å². The molecule has 2 nitrogen and oxygen atoms in total. The summed E-state index contributed by atoms with van der Waals surface area (Å²) in [6.07, 6.45) is 6.45. The van der Waals surface area contributed by atoms with E-state index in [1.54, 1.807) is 0 Å². The van der Waals surface area contributed by atoms with Crippen LogP contribution in [0.5, 0.6) is 0 Å². The molecule has 114 valence electrons. The molecule has 3 atom stereocenters. The van der Waals surface area contributed by atoms with E-state index < -0.39 is 0 Å². The Hall–Kier alpha value is -0.0800. The summed E-state index contributed by atoms with van der Waals surface area (Å²) in [5.41, 5.74) is 0.458. The lowest BCUT2D eigenvalue weighted by Crippen LogP contribution is -2.43. The van der Waals surface area contributed by atoms with E-state index in [4.69, 9.17) is 4.74 Å². The molecule has 1 N–H and O–H groups in total. The third kappa shape index (κ3) is 5.83. The lowest BCUT2D eigenvalue weighted by molar-refractivity contribution is 0.0726. The first-order chi connectivity index (χ1) is 8.99. The zero-order chi connectivity index (χ0) is 14.3. The molecular weight excluding hydrogens is 234 g/mol. The molecule has 0 heterocycles. The molecule has 0 aromatic heterocycles. The maximum absolute atomic E-state index is 5.71. The third-order valence-electron chi connectivity index (χ3n) is 4.65. The summed E-state index contributed by atoms with van der Waals surface area (Å²) in [4.78, 5) is 0. The molecule has 0 aliphatic heterocycles. The lowest BCUT2D eigenvalue weighted by Gasteiger charge is -2.42. The van der Waals surface area contributed by atoms with Crippen molar-refractivity contribution in [2.45, 2.75) is 72.8 Å². The van der Waals surface area contributed by atoms with Crippen molar-refractivity contribution in [3.05, 3.63) is 0 Å². The highest BCUT2D eigenvalue weighted by Crippen LogP contribution is 2.41. The highest BCUT2D eigenvalue weighted by molar-refractivity contribution is 4.88. The number of hydrogen-bond donors (Lipinski definition) is 1. The van der Waals surface area contributed by atoms with Gasteiger partial charge in [0.1, 0.15) is 0 Å². The highest BCUT2D eigenvalue weighted by Gasteiger charge is 2.35. The van der Waals surface area contributed by atoms with Gasteiger partial charge in [-0.2, -0.15) is 0 Å². The molecule has 1 saturated carbocycles. The van der Waals surface area contributed by atoms with Crippen LogP contribution in [0.1, 0.15) is 66.7 Å². The largest absolute Gasteiger partial charge is 0.381 e. The Labute approximate surface area is 120 Å². The molecule has 0 radical (unpaired) electrons.